The number of hydrogen-bond donors (Lipinski definition) is 2. The van der Waals surface area contributed by atoms with E-state index in [9.17, 15) is 17.9 Å². The SMILES string of the molecule is CCC1C2CN(CC3(O)Cc4ccccc4C3)CC12.O=S(=O)(Nc1ccc(F)cc1)C1CC1. The molecule has 1 heterocycles. The predicted octanol–water partition coefficient (Wildman–Crippen LogP) is 3.83. The molecule has 1 saturated heterocycles. The Morgan fingerprint density at radius 3 is 2.12 bits per heavy atom. The Morgan fingerprint density at radius 2 is 1.61 bits per heavy atom. The maximum Gasteiger partial charge on any atom is 0.235 e. The van der Waals surface area contributed by atoms with Crippen LogP contribution in [-0.4, -0.2) is 48.9 Å². The smallest absolute Gasteiger partial charge is 0.235 e. The van der Waals surface area contributed by atoms with E-state index in [2.05, 4.69) is 40.8 Å². The van der Waals surface area contributed by atoms with Gasteiger partial charge in [-0.25, -0.2) is 12.8 Å². The van der Waals surface area contributed by atoms with Crippen molar-refractivity contribution in [2.24, 2.45) is 17.8 Å². The lowest BCUT2D eigenvalue weighted by Crippen LogP contribution is -2.44. The zero-order chi connectivity index (χ0) is 23.2. The Bertz CT molecular complexity index is 1060. The molecule has 2 N–H and O–H groups in total. The Balaban J connectivity index is 0.000000146. The van der Waals surface area contributed by atoms with Gasteiger partial charge in [-0.3, -0.25) is 9.62 Å². The molecule has 2 atom stereocenters. The normalized spacial score (nSPS) is 27.3. The third-order valence-corrected chi connectivity index (χ3v) is 9.53. The first-order chi connectivity index (χ1) is 15.8. The summed E-state index contributed by atoms with van der Waals surface area (Å²) in [5, 5.41) is 10.6. The van der Waals surface area contributed by atoms with Crippen molar-refractivity contribution in [3.63, 3.8) is 0 Å². The van der Waals surface area contributed by atoms with Crippen LogP contribution in [0.3, 0.4) is 0 Å². The molecule has 2 aromatic rings. The minimum absolute atomic E-state index is 0.257. The van der Waals surface area contributed by atoms with Gasteiger partial charge in [0.25, 0.3) is 0 Å². The molecule has 2 saturated carbocycles. The summed E-state index contributed by atoms with van der Waals surface area (Å²) < 4.78 is 37.8. The van der Waals surface area contributed by atoms with Crippen molar-refractivity contribution in [3.05, 3.63) is 65.5 Å². The number of benzene rings is 2. The van der Waals surface area contributed by atoms with Crippen molar-refractivity contribution in [1.29, 1.82) is 0 Å². The standard InChI is InChI=1S/C17H23NO.C9H10FNO2S/c1-2-14-15-9-18(10-16(14)15)11-17(19)7-12-5-3-4-6-13(12)8-17;10-7-1-3-8(4-2-7)11-14(12,13)9-5-6-9/h3-6,14-16,19H,2,7-11H2,1H3;1-4,9,11H,5-6H2. The van der Waals surface area contributed by atoms with Crippen LogP contribution in [0.1, 0.15) is 37.3 Å². The van der Waals surface area contributed by atoms with E-state index in [0.717, 1.165) is 50.0 Å². The lowest BCUT2D eigenvalue weighted by Gasteiger charge is -2.30. The van der Waals surface area contributed by atoms with Gasteiger partial charge in [-0.15, -0.1) is 0 Å². The lowest BCUT2D eigenvalue weighted by molar-refractivity contribution is 0.0146. The number of piperidine rings is 1. The van der Waals surface area contributed by atoms with Gasteiger partial charge in [0.1, 0.15) is 5.82 Å². The number of nitrogens with zero attached hydrogens (tertiary/aromatic N) is 1. The van der Waals surface area contributed by atoms with Crippen molar-refractivity contribution in [2.75, 3.05) is 24.4 Å². The molecule has 0 bridgehead atoms. The van der Waals surface area contributed by atoms with Crippen molar-refractivity contribution < 1.29 is 17.9 Å². The molecule has 5 nitrogen and oxygen atoms in total. The third kappa shape index (κ3) is 5.10. The monoisotopic (exact) mass is 472 g/mol. The molecule has 4 aliphatic rings. The molecule has 3 fully saturated rings. The second kappa shape index (κ2) is 8.67. The van der Waals surface area contributed by atoms with Crippen molar-refractivity contribution in [3.8, 4) is 0 Å². The molecule has 6 rings (SSSR count). The summed E-state index contributed by atoms with van der Waals surface area (Å²) in [6.07, 6.45) is 4.46. The number of aliphatic hydroxyl groups is 1. The topological polar surface area (TPSA) is 69.6 Å². The molecule has 1 aliphatic heterocycles. The fourth-order valence-corrected chi connectivity index (χ4v) is 7.21. The summed E-state index contributed by atoms with van der Waals surface area (Å²) in [6, 6.07) is 13.8. The number of β-amino-alcohol motifs (C(OH)–C–C–N with tert-alkyl or cyclic N) is 1. The number of likely N-dealkylation sites (tertiary alicyclic amines) is 1. The zero-order valence-electron chi connectivity index (χ0n) is 19.1. The van der Waals surface area contributed by atoms with Gasteiger partial charge >= 0.3 is 0 Å². The van der Waals surface area contributed by atoms with E-state index in [-0.39, 0.29) is 11.1 Å². The maximum atomic E-state index is 12.5. The van der Waals surface area contributed by atoms with Crippen LogP contribution in [0.2, 0.25) is 0 Å². The van der Waals surface area contributed by atoms with E-state index in [0.29, 0.717) is 5.69 Å². The molecule has 0 aromatic heterocycles. The summed E-state index contributed by atoms with van der Waals surface area (Å²) in [5.41, 5.74) is 2.60. The number of rotatable bonds is 6. The fraction of sp³-hybridized carbons (Fsp3) is 0.538. The first kappa shape index (κ1) is 22.8. The number of halogens is 1. The van der Waals surface area contributed by atoms with E-state index in [4.69, 9.17) is 0 Å². The molecule has 0 amide bonds. The largest absolute Gasteiger partial charge is 0.388 e. The molecule has 7 heteroatoms. The average Bonchev–Trinajstić information content (AvgIpc) is 3.66. The first-order valence-corrected chi connectivity index (χ1v) is 13.6. The Kier molecular flexibility index (Phi) is 6.00. The van der Waals surface area contributed by atoms with E-state index in [1.54, 1.807) is 0 Å². The Hall–Kier alpha value is -1.96. The summed E-state index contributed by atoms with van der Waals surface area (Å²) in [7, 11) is -3.23. The van der Waals surface area contributed by atoms with Crippen molar-refractivity contribution in [1.82, 2.24) is 4.90 Å². The van der Waals surface area contributed by atoms with E-state index < -0.39 is 15.6 Å². The molecule has 0 radical (unpaired) electrons. The number of sulfonamides is 1. The van der Waals surface area contributed by atoms with E-state index in [1.807, 2.05) is 0 Å². The summed E-state index contributed by atoms with van der Waals surface area (Å²) in [6.45, 7) is 5.63. The summed E-state index contributed by atoms with van der Waals surface area (Å²) in [4.78, 5) is 2.51. The van der Waals surface area contributed by atoms with Crippen LogP contribution < -0.4 is 4.72 Å². The minimum atomic E-state index is -3.23. The molecule has 2 unspecified atom stereocenters. The molecular formula is C26H33FN2O3S. The number of nitrogens with one attached hydrogen (secondary N) is 1. The van der Waals surface area contributed by atoms with Crippen molar-refractivity contribution >= 4 is 15.7 Å². The number of hydrogen-bond acceptors (Lipinski definition) is 4. The van der Waals surface area contributed by atoms with Crippen LogP contribution in [0.25, 0.3) is 0 Å². The Morgan fingerprint density at radius 1 is 1.03 bits per heavy atom. The first-order valence-electron chi connectivity index (χ1n) is 12.0. The second-order valence-corrected chi connectivity index (χ2v) is 12.3. The number of fused-ring (bicyclic) bond motifs is 2. The Labute approximate surface area is 196 Å². The molecule has 33 heavy (non-hydrogen) atoms. The van der Waals surface area contributed by atoms with E-state index >= 15 is 0 Å². The van der Waals surface area contributed by atoms with Gasteiger partial charge in [-0.2, -0.15) is 0 Å². The van der Waals surface area contributed by atoms with Crippen molar-refractivity contribution in [2.45, 2.75) is 49.9 Å². The fourth-order valence-electron chi connectivity index (χ4n) is 5.82. The van der Waals surface area contributed by atoms with Crippen LogP contribution in [0.5, 0.6) is 0 Å². The third-order valence-electron chi connectivity index (χ3n) is 7.66. The molecular weight excluding hydrogens is 439 g/mol. The zero-order valence-corrected chi connectivity index (χ0v) is 19.9. The quantitative estimate of drug-likeness (QED) is 0.670. The van der Waals surface area contributed by atoms with Crippen LogP contribution in [0, 0.1) is 23.6 Å². The number of anilines is 1. The highest BCUT2D eigenvalue weighted by atomic mass is 32.2. The highest BCUT2D eigenvalue weighted by Crippen LogP contribution is 2.53. The van der Waals surface area contributed by atoms with Gasteiger partial charge in [0.05, 0.1) is 10.9 Å². The lowest BCUT2D eigenvalue weighted by atomic mass is 9.99. The van der Waals surface area contributed by atoms with Crippen LogP contribution in [0.4, 0.5) is 10.1 Å². The average molecular weight is 473 g/mol. The minimum Gasteiger partial charge on any atom is -0.388 e. The van der Waals surface area contributed by atoms with E-state index in [1.165, 1.54) is 54.9 Å². The molecule has 178 valence electrons. The summed E-state index contributed by atoms with van der Waals surface area (Å²) in [5.74, 6) is 2.50. The highest BCUT2D eigenvalue weighted by Gasteiger charge is 2.55. The van der Waals surface area contributed by atoms with Gasteiger partial charge in [0.15, 0.2) is 0 Å². The van der Waals surface area contributed by atoms with Crippen LogP contribution in [-0.2, 0) is 22.9 Å². The summed E-state index contributed by atoms with van der Waals surface area (Å²) >= 11 is 0. The van der Waals surface area contributed by atoms with Gasteiger partial charge < -0.3 is 5.11 Å². The molecule has 2 aromatic carbocycles. The van der Waals surface area contributed by atoms with Gasteiger partial charge in [-0.1, -0.05) is 37.6 Å². The van der Waals surface area contributed by atoms with Crippen LogP contribution in [0.15, 0.2) is 48.5 Å². The molecule has 0 spiro atoms. The maximum absolute atomic E-state index is 12.5. The van der Waals surface area contributed by atoms with Crippen LogP contribution >= 0.6 is 0 Å². The second-order valence-electron chi connectivity index (χ2n) is 10.3. The van der Waals surface area contributed by atoms with Gasteiger partial charge in [0, 0.05) is 38.2 Å². The van der Waals surface area contributed by atoms with Gasteiger partial charge in [0.2, 0.25) is 10.0 Å². The highest BCUT2D eigenvalue weighted by molar-refractivity contribution is 7.93. The predicted molar refractivity (Wildman–Crippen MR) is 128 cm³/mol. The molecule has 3 aliphatic carbocycles. The van der Waals surface area contributed by atoms with Gasteiger partial charge in [-0.05, 0) is 66.0 Å².